The lowest BCUT2D eigenvalue weighted by atomic mass is 9.98. The van der Waals surface area contributed by atoms with E-state index in [4.69, 9.17) is 23.7 Å². The normalized spacial score (nSPS) is 36.4. The van der Waals surface area contributed by atoms with Crippen LogP contribution in [0.15, 0.2) is 0 Å². The van der Waals surface area contributed by atoms with E-state index in [0.29, 0.717) is 0 Å². The molecule has 5 atom stereocenters. The van der Waals surface area contributed by atoms with Crippen molar-refractivity contribution >= 4 is 5.97 Å². The molecule has 0 aromatic heterocycles. The van der Waals surface area contributed by atoms with Crippen LogP contribution in [-0.2, 0) is 28.5 Å². The summed E-state index contributed by atoms with van der Waals surface area (Å²) in [6, 6.07) is 0. The van der Waals surface area contributed by atoms with E-state index >= 15 is 0 Å². The van der Waals surface area contributed by atoms with Gasteiger partial charge in [-0.25, -0.2) is 0 Å². The Morgan fingerprint density at radius 3 is 2.11 bits per heavy atom. The molecule has 1 rings (SSSR count). The topological polar surface area (TPSA) is 83.5 Å². The predicted molar refractivity (Wildman–Crippen MR) is 59.9 cm³/mol. The molecule has 0 aromatic carbocycles. The van der Waals surface area contributed by atoms with E-state index in [0.717, 1.165) is 0 Å². The first kappa shape index (κ1) is 15.3. The molecule has 1 saturated heterocycles. The van der Waals surface area contributed by atoms with E-state index < -0.39 is 36.7 Å². The van der Waals surface area contributed by atoms with Crippen LogP contribution in [0, 0.1) is 0 Å². The van der Waals surface area contributed by atoms with E-state index in [1.807, 2.05) is 0 Å². The third-order valence-corrected chi connectivity index (χ3v) is 2.88. The van der Waals surface area contributed by atoms with Gasteiger partial charge in [0.15, 0.2) is 6.29 Å². The molecule has 1 heterocycles. The zero-order valence-electron chi connectivity index (χ0n) is 11.0. The SMILES string of the molecule is CO[C@@H]1[C@@H](OC)[C@H](O)O[C@H](COC(C)=O)[C@H]1OC. The molecule has 1 fully saturated rings. The standard InChI is InChI=1S/C11H20O7/c1-6(12)17-5-7-8(14-2)9(15-3)10(16-4)11(13)18-7/h7-11,13H,5H2,1-4H3/t7-,8-,9+,10-,11-/m1/s1. The van der Waals surface area contributed by atoms with E-state index in [9.17, 15) is 9.90 Å². The van der Waals surface area contributed by atoms with Gasteiger partial charge in [-0.3, -0.25) is 4.79 Å². The average Bonchev–Trinajstić information content (AvgIpc) is 2.34. The zero-order chi connectivity index (χ0) is 13.7. The summed E-state index contributed by atoms with van der Waals surface area (Å²) in [6.45, 7) is 1.29. The van der Waals surface area contributed by atoms with Crippen molar-refractivity contribution in [2.45, 2.75) is 37.6 Å². The molecule has 0 bridgehead atoms. The highest BCUT2D eigenvalue weighted by Gasteiger charge is 2.46. The molecule has 1 N–H and O–H groups in total. The third-order valence-electron chi connectivity index (χ3n) is 2.88. The maximum absolute atomic E-state index is 10.8. The number of hydrogen-bond donors (Lipinski definition) is 1. The Balaban J connectivity index is 2.76. The van der Waals surface area contributed by atoms with Crippen LogP contribution >= 0.6 is 0 Å². The highest BCUT2D eigenvalue weighted by Crippen LogP contribution is 2.26. The Morgan fingerprint density at radius 1 is 1.11 bits per heavy atom. The molecule has 0 unspecified atom stereocenters. The molecule has 1 aliphatic heterocycles. The maximum atomic E-state index is 10.8. The van der Waals surface area contributed by atoms with Crippen molar-refractivity contribution in [3.63, 3.8) is 0 Å². The first-order valence-corrected chi connectivity index (χ1v) is 5.60. The summed E-state index contributed by atoms with van der Waals surface area (Å²) in [5.41, 5.74) is 0. The van der Waals surface area contributed by atoms with Gasteiger partial charge in [0.1, 0.15) is 31.0 Å². The van der Waals surface area contributed by atoms with Gasteiger partial charge < -0.3 is 28.8 Å². The molecule has 0 saturated carbocycles. The quantitative estimate of drug-likeness (QED) is 0.658. The molecule has 0 aliphatic carbocycles. The lowest BCUT2D eigenvalue weighted by Gasteiger charge is -2.42. The first-order valence-electron chi connectivity index (χ1n) is 5.60. The van der Waals surface area contributed by atoms with Crippen molar-refractivity contribution in [2.75, 3.05) is 27.9 Å². The number of ether oxygens (including phenoxy) is 5. The highest BCUT2D eigenvalue weighted by atomic mass is 16.7. The van der Waals surface area contributed by atoms with Crippen molar-refractivity contribution in [3.8, 4) is 0 Å². The summed E-state index contributed by atoms with van der Waals surface area (Å²) < 4.78 is 25.9. The van der Waals surface area contributed by atoms with Crippen molar-refractivity contribution in [1.29, 1.82) is 0 Å². The van der Waals surface area contributed by atoms with Gasteiger partial charge in [-0.05, 0) is 0 Å². The maximum Gasteiger partial charge on any atom is 0.302 e. The number of hydrogen-bond acceptors (Lipinski definition) is 7. The van der Waals surface area contributed by atoms with Crippen molar-refractivity contribution < 1.29 is 33.6 Å². The molecule has 0 aromatic rings. The summed E-state index contributed by atoms with van der Waals surface area (Å²) in [6.07, 6.45) is -3.43. The number of carbonyl (C=O) groups is 1. The monoisotopic (exact) mass is 264 g/mol. The molecule has 0 spiro atoms. The van der Waals surface area contributed by atoms with E-state index in [-0.39, 0.29) is 6.61 Å². The van der Waals surface area contributed by atoms with Gasteiger partial charge in [-0.15, -0.1) is 0 Å². The smallest absolute Gasteiger partial charge is 0.302 e. The first-order chi connectivity index (χ1) is 8.54. The molecule has 0 radical (unpaired) electrons. The fraction of sp³-hybridized carbons (Fsp3) is 0.909. The van der Waals surface area contributed by atoms with Crippen LogP contribution in [0.3, 0.4) is 0 Å². The van der Waals surface area contributed by atoms with Crippen molar-refractivity contribution in [1.82, 2.24) is 0 Å². The van der Waals surface area contributed by atoms with Gasteiger partial charge in [-0.2, -0.15) is 0 Å². The number of aliphatic hydroxyl groups is 1. The molecule has 18 heavy (non-hydrogen) atoms. The van der Waals surface area contributed by atoms with Crippen molar-refractivity contribution in [2.24, 2.45) is 0 Å². The summed E-state index contributed by atoms with van der Waals surface area (Å²) in [5.74, 6) is -0.425. The predicted octanol–water partition coefficient (Wildman–Crippen LogP) is -0.688. The second-order valence-corrected chi connectivity index (χ2v) is 3.97. The van der Waals surface area contributed by atoms with Gasteiger partial charge in [-0.1, -0.05) is 0 Å². The number of esters is 1. The molecule has 1 aliphatic rings. The van der Waals surface area contributed by atoms with Gasteiger partial charge >= 0.3 is 5.97 Å². The summed E-state index contributed by atoms with van der Waals surface area (Å²) in [5, 5.41) is 9.80. The van der Waals surface area contributed by atoms with Gasteiger partial charge in [0.25, 0.3) is 0 Å². The Kier molecular flexibility index (Phi) is 5.97. The molecular formula is C11H20O7. The number of carbonyl (C=O) groups excluding carboxylic acids is 1. The number of rotatable bonds is 5. The van der Waals surface area contributed by atoms with Gasteiger partial charge in [0.05, 0.1) is 0 Å². The fourth-order valence-corrected chi connectivity index (χ4v) is 2.03. The van der Waals surface area contributed by atoms with Gasteiger partial charge in [0, 0.05) is 28.3 Å². The van der Waals surface area contributed by atoms with Crippen LogP contribution in [0.4, 0.5) is 0 Å². The lowest BCUT2D eigenvalue weighted by molar-refractivity contribution is -0.300. The van der Waals surface area contributed by atoms with E-state index in [1.165, 1.54) is 28.3 Å². The summed E-state index contributed by atoms with van der Waals surface area (Å²) in [4.78, 5) is 10.8. The van der Waals surface area contributed by atoms with Crippen LogP contribution in [0.25, 0.3) is 0 Å². The van der Waals surface area contributed by atoms with Crippen LogP contribution in [0.1, 0.15) is 6.92 Å². The Hall–Kier alpha value is -0.730. The minimum atomic E-state index is -1.16. The Morgan fingerprint density at radius 2 is 1.67 bits per heavy atom. The average molecular weight is 264 g/mol. The lowest BCUT2D eigenvalue weighted by Crippen LogP contribution is -2.60. The molecular weight excluding hydrogens is 244 g/mol. The van der Waals surface area contributed by atoms with Crippen LogP contribution < -0.4 is 0 Å². The summed E-state index contributed by atoms with van der Waals surface area (Å²) in [7, 11) is 4.43. The minimum Gasteiger partial charge on any atom is -0.463 e. The third kappa shape index (κ3) is 3.39. The van der Waals surface area contributed by atoms with Crippen LogP contribution in [-0.4, -0.2) is 69.7 Å². The highest BCUT2D eigenvalue weighted by molar-refractivity contribution is 5.65. The molecule has 0 amide bonds. The van der Waals surface area contributed by atoms with Crippen LogP contribution in [0.2, 0.25) is 0 Å². The summed E-state index contributed by atoms with van der Waals surface area (Å²) >= 11 is 0. The molecule has 7 nitrogen and oxygen atoms in total. The molecule has 106 valence electrons. The van der Waals surface area contributed by atoms with E-state index in [1.54, 1.807) is 0 Å². The molecule has 7 heteroatoms. The Labute approximate surface area is 106 Å². The number of methoxy groups -OCH3 is 3. The minimum absolute atomic E-state index is 0.0127. The number of aliphatic hydroxyl groups excluding tert-OH is 1. The second kappa shape index (κ2) is 7.01. The zero-order valence-corrected chi connectivity index (χ0v) is 11.0. The largest absolute Gasteiger partial charge is 0.463 e. The van der Waals surface area contributed by atoms with Gasteiger partial charge in [0.2, 0.25) is 0 Å². The Bertz CT molecular complexity index is 270. The van der Waals surface area contributed by atoms with Crippen LogP contribution in [0.5, 0.6) is 0 Å². The second-order valence-electron chi connectivity index (χ2n) is 3.97. The van der Waals surface area contributed by atoms with Crippen molar-refractivity contribution in [3.05, 3.63) is 0 Å². The fourth-order valence-electron chi connectivity index (χ4n) is 2.03. The van der Waals surface area contributed by atoms with E-state index in [2.05, 4.69) is 0 Å².